The first kappa shape index (κ1) is 12.2. The van der Waals surface area contributed by atoms with Crippen LogP contribution >= 0.6 is 0 Å². The van der Waals surface area contributed by atoms with Gasteiger partial charge in [0.25, 0.3) is 0 Å². The summed E-state index contributed by atoms with van der Waals surface area (Å²) in [7, 11) is 0. The Labute approximate surface area is 92.0 Å². The molecule has 1 aromatic heterocycles. The largest absolute Gasteiger partial charge is 0.476 e. The van der Waals surface area contributed by atoms with Gasteiger partial charge in [0, 0.05) is 0 Å². The summed E-state index contributed by atoms with van der Waals surface area (Å²) in [5.74, 6) is -1.68. The van der Waals surface area contributed by atoms with E-state index in [0.29, 0.717) is 6.42 Å². The number of hydrogen-bond acceptors (Lipinski definition) is 5. The van der Waals surface area contributed by atoms with Crippen LogP contribution < -0.4 is 0 Å². The van der Waals surface area contributed by atoms with Crippen LogP contribution in [0.25, 0.3) is 0 Å². The molecule has 7 nitrogen and oxygen atoms in total. The monoisotopic (exact) mass is 227 g/mol. The number of carbonyl (C=O) groups is 2. The van der Waals surface area contributed by atoms with Crippen LogP contribution in [0.2, 0.25) is 0 Å². The van der Waals surface area contributed by atoms with E-state index in [1.807, 2.05) is 0 Å². The fraction of sp³-hybridized carbons (Fsp3) is 0.556. The van der Waals surface area contributed by atoms with Crippen molar-refractivity contribution in [1.82, 2.24) is 15.0 Å². The molecule has 0 aliphatic carbocycles. The van der Waals surface area contributed by atoms with E-state index in [1.54, 1.807) is 13.8 Å². The Kier molecular flexibility index (Phi) is 3.98. The molecule has 0 spiro atoms. The summed E-state index contributed by atoms with van der Waals surface area (Å²) in [5, 5.41) is 15.9. The minimum absolute atomic E-state index is 0.125. The van der Waals surface area contributed by atoms with Crippen LogP contribution in [0.5, 0.6) is 0 Å². The van der Waals surface area contributed by atoms with Gasteiger partial charge in [0.2, 0.25) is 0 Å². The van der Waals surface area contributed by atoms with Crippen LogP contribution in [-0.4, -0.2) is 38.6 Å². The number of aromatic nitrogens is 3. The van der Waals surface area contributed by atoms with Crippen molar-refractivity contribution >= 4 is 11.9 Å². The van der Waals surface area contributed by atoms with Crippen LogP contribution in [0.4, 0.5) is 0 Å². The summed E-state index contributed by atoms with van der Waals surface area (Å²) in [6.07, 6.45) is 1.49. The molecular formula is C9H13N3O4. The average Bonchev–Trinajstić information content (AvgIpc) is 2.68. The Hall–Kier alpha value is -1.92. The zero-order valence-electron chi connectivity index (χ0n) is 9.08. The summed E-state index contributed by atoms with van der Waals surface area (Å²) in [4.78, 5) is 22.4. The molecule has 1 unspecified atom stereocenters. The molecule has 1 N–H and O–H groups in total. The molecule has 1 rings (SSSR count). The van der Waals surface area contributed by atoms with Crippen molar-refractivity contribution in [3.05, 3.63) is 11.9 Å². The van der Waals surface area contributed by atoms with Gasteiger partial charge in [-0.25, -0.2) is 14.3 Å². The SMILES string of the molecule is CCOC(=O)C(CC)n1nncc1C(=O)O. The van der Waals surface area contributed by atoms with Crippen LogP contribution in [-0.2, 0) is 9.53 Å². The quantitative estimate of drug-likeness (QED) is 0.735. The molecule has 16 heavy (non-hydrogen) atoms. The molecule has 1 aromatic rings. The Morgan fingerprint density at radius 3 is 2.75 bits per heavy atom. The van der Waals surface area contributed by atoms with Crippen molar-refractivity contribution < 1.29 is 19.4 Å². The molecule has 88 valence electrons. The van der Waals surface area contributed by atoms with E-state index in [2.05, 4.69) is 10.3 Å². The van der Waals surface area contributed by atoms with Gasteiger partial charge in [0.1, 0.15) is 0 Å². The molecular weight excluding hydrogens is 214 g/mol. The van der Waals surface area contributed by atoms with Gasteiger partial charge in [-0.3, -0.25) is 0 Å². The van der Waals surface area contributed by atoms with Crippen LogP contribution in [0.15, 0.2) is 6.20 Å². The van der Waals surface area contributed by atoms with Crippen molar-refractivity contribution in [3.63, 3.8) is 0 Å². The van der Waals surface area contributed by atoms with Crippen molar-refractivity contribution in [3.8, 4) is 0 Å². The number of carboxylic acids is 1. The molecule has 1 heterocycles. The minimum Gasteiger partial charge on any atom is -0.476 e. The Morgan fingerprint density at radius 2 is 2.25 bits per heavy atom. The van der Waals surface area contributed by atoms with Gasteiger partial charge < -0.3 is 9.84 Å². The normalized spacial score (nSPS) is 12.1. The third kappa shape index (κ3) is 2.36. The number of ether oxygens (including phenoxy) is 1. The van der Waals surface area contributed by atoms with E-state index in [9.17, 15) is 9.59 Å². The number of esters is 1. The van der Waals surface area contributed by atoms with E-state index in [1.165, 1.54) is 0 Å². The lowest BCUT2D eigenvalue weighted by molar-refractivity contribution is -0.147. The molecule has 0 aromatic carbocycles. The molecule has 1 atom stereocenters. The number of carbonyl (C=O) groups excluding carboxylic acids is 1. The van der Waals surface area contributed by atoms with Gasteiger partial charge in [0.15, 0.2) is 11.7 Å². The zero-order valence-corrected chi connectivity index (χ0v) is 9.08. The molecule has 0 aliphatic rings. The first-order valence-electron chi connectivity index (χ1n) is 4.91. The van der Waals surface area contributed by atoms with E-state index >= 15 is 0 Å². The molecule has 0 amide bonds. The fourth-order valence-electron chi connectivity index (χ4n) is 1.30. The maximum Gasteiger partial charge on any atom is 0.355 e. The van der Waals surface area contributed by atoms with Gasteiger partial charge in [0.05, 0.1) is 12.8 Å². The number of nitrogens with zero attached hydrogens (tertiary/aromatic N) is 3. The third-order valence-electron chi connectivity index (χ3n) is 2.03. The van der Waals surface area contributed by atoms with Gasteiger partial charge in [-0.05, 0) is 13.3 Å². The molecule has 0 aliphatic heterocycles. The highest BCUT2D eigenvalue weighted by Crippen LogP contribution is 2.14. The lowest BCUT2D eigenvalue weighted by Gasteiger charge is -2.14. The lowest BCUT2D eigenvalue weighted by Crippen LogP contribution is -2.25. The van der Waals surface area contributed by atoms with E-state index in [-0.39, 0.29) is 12.3 Å². The zero-order chi connectivity index (χ0) is 12.1. The molecule has 0 fully saturated rings. The number of aromatic carboxylic acids is 1. The summed E-state index contributed by atoms with van der Waals surface area (Å²) >= 11 is 0. The maximum absolute atomic E-state index is 11.5. The van der Waals surface area contributed by atoms with Crippen LogP contribution in [0, 0.1) is 0 Å². The minimum atomic E-state index is -1.17. The first-order chi connectivity index (χ1) is 7.61. The summed E-state index contributed by atoms with van der Waals surface area (Å²) in [6, 6.07) is -0.742. The predicted molar refractivity (Wildman–Crippen MR) is 52.9 cm³/mol. The highest BCUT2D eigenvalue weighted by atomic mass is 16.5. The molecule has 0 radical (unpaired) electrons. The van der Waals surface area contributed by atoms with Gasteiger partial charge in [-0.1, -0.05) is 12.1 Å². The molecule has 7 heteroatoms. The van der Waals surface area contributed by atoms with Crippen LogP contribution in [0.3, 0.4) is 0 Å². The van der Waals surface area contributed by atoms with Crippen molar-refractivity contribution in [1.29, 1.82) is 0 Å². The fourth-order valence-corrected chi connectivity index (χ4v) is 1.30. The van der Waals surface area contributed by atoms with Crippen LogP contribution in [0.1, 0.15) is 36.8 Å². The maximum atomic E-state index is 11.5. The Bertz CT molecular complexity index is 388. The number of carboxylic acid groups (broad SMARTS) is 1. The molecule has 0 saturated heterocycles. The van der Waals surface area contributed by atoms with Gasteiger partial charge in [-0.2, -0.15) is 0 Å². The van der Waals surface area contributed by atoms with E-state index in [0.717, 1.165) is 10.9 Å². The highest BCUT2D eigenvalue weighted by molar-refractivity contribution is 5.86. The van der Waals surface area contributed by atoms with E-state index < -0.39 is 18.0 Å². The lowest BCUT2D eigenvalue weighted by atomic mass is 10.2. The summed E-state index contributed by atoms with van der Waals surface area (Å²) in [5.41, 5.74) is -0.125. The van der Waals surface area contributed by atoms with Gasteiger partial charge in [-0.15, -0.1) is 5.10 Å². The number of rotatable bonds is 5. The van der Waals surface area contributed by atoms with E-state index in [4.69, 9.17) is 9.84 Å². The second kappa shape index (κ2) is 5.24. The summed E-state index contributed by atoms with van der Waals surface area (Å²) in [6.45, 7) is 3.67. The standard InChI is InChI=1S/C9H13N3O4/c1-3-6(9(15)16-4-2)12-7(8(13)14)5-10-11-12/h5-6H,3-4H2,1-2H3,(H,13,14). The average molecular weight is 227 g/mol. The van der Waals surface area contributed by atoms with Crippen molar-refractivity contribution in [2.24, 2.45) is 0 Å². The first-order valence-corrected chi connectivity index (χ1v) is 4.91. The second-order valence-corrected chi connectivity index (χ2v) is 3.05. The second-order valence-electron chi connectivity index (χ2n) is 3.05. The smallest absolute Gasteiger partial charge is 0.355 e. The summed E-state index contributed by atoms with van der Waals surface area (Å²) < 4.78 is 5.90. The third-order valence-corrected chi connectivity index (χ3v) is 2.03. The van der Waals surface area contributed by atoms with Gasteiger partial charge >= 0.3 is 11.9 Å². The Morgan fingerprint density at radius 1 is 1.56 bits per heavy atom. The van der Waals surface area contributed by atoms with Crippen molar-refractivity contribution in [2.45, 2.75) is 26.3 Å². The molecule has 0 bridgehead atoms. The highest BCUT2D eigenvalue weighted by Gasteiger charge is 2.25. The number of hydrogen-bond donors (Lipinski definition) is 1. The topological polar surface area (TPSA) is 94.3 Å². The predicted octanol–water partition coefficient (Wildman–Crippen LogP) is 0.490. The Balaban J connectivity index is 2.99. The van der Waals surface area contributed by atoms with Crippen molar-refractivity contribution in [2.75, 3.05) is 6.61 Å². The molecule has 0 saturated carbocycles.